The molecule has 0 radical (unpaired) electrons. The van der Waals surface area contributed by atoms with Crippen LogP contribution in [-0.2, 0) is 0 Å². The Morgan fingerprint density at radius 1 is 1.10 bits per heavy atom. The molecule has 2 aliphatic rings. The Kier molecular flexibility index (Phi) is 4.14. The van der Waals surface area contributed by atoms with Gasteiger partial charge in [0.1, 0.15) is 0 Å². The minimum atomic E-state index is 0.525. The molecule has 1 saturated heterocycles. The van der Waals surface area contributed by atoms with Crippen LogP contribution in [0.1, 0.15) is 52.9 Å². The summed E-state index contributed by atoms with van der Waals surface area (Å²) in [5, 5.41) is 3.77. The van der Waals surface area contributed by atoms with E-state index in [0.717, 1.165) is 5.92 Å². The molecule has 2 heteroatoms. The molecule has 1 aliphatic heterocycles. The number of rotatable bonds is 3. The molecule has 2 nitrogen and oxygen atoms in total. The van der Waals surface area contributed by atoms with Gasteiger partial charge in [0.05, 0.1) is 0 Å². The van der Waals surface area contributed by atoms with Gasteiger partial charge in [-0.2, -0.15) is 0 Å². The van der Waals surface area contributed by atoms with Crippen molar-refractivity contribution in [2.45, 2.75) is 58.9 Å². The molecule has 0 aromatic heterocycles. The van der Waals surface area contributed by atoms with Crippen molar-refractivity contribution in [2.24, 2.45) is 11.3 Å². The fraction of sp³-hybridized carbons (Fsp3) is 0.684. The van der Waals surface area contributed by atoms with E-state index >= 15 is 0 Å². The Hall–Kier alpha value is -1.18. The van der Waals surface area contributed by atoms with E-state index in [1.807, 2.05) is 0 Å². The summed E-state index contributed by atoms with van der Waals surface area (Å²) in [6.07, 6.45) is 6.64. The van der Waals surface area contributed by atoms with Crippen LogP contribution in [0, 0.1) is 11.3 Å². The predicted molar refractivity (Wildman–Crippen MR) is 92.1 cm³/mol. The van der Waals surface area contributed by atoms with Crippen LogP contribution in [0.4, 0.5) is 11.4 Å². The van der Waals surface area contributed by atoms with Crippen LogP contribution in [0.15, 0.2) is 24.3 Å². The van der Waals surface area contributed by atoms with Crippen LogP contribution in [0.5, 0.6) is 0 Å². The molecule has 2 unspecified atom stereocenters. The molecule has 0 amide bonds. The summed E-state index contributed by atoms with van der Waals surface area (Å²) >= 11 is 0. The van der Waals surface area contributed by atoms with E-state index < -0.39 is 0 Å². The minimum Gasteiger partial charge on any atom is -0.382 e. The fourth-order valence-electron chi connectivity index (χ4n) is 4.12. The lowest BCUT2D eigenvalue weighted by atomic mass is 9.70. The zero-order valence-corrected chi connectivity index (χ0v) is 13.9. The molecule has 1 N–H and O–H groups in total. The van der Waals surface area contributed by atoms with E-state index in [4.69, 9.17) is 0 Å². The van der Waals surface area contributed by atoms with Gasteiger partial charge in [0.2, 0.25) is 0 Å². The maximum absolute atomic E-state index is 3.77. The molecular weight excluding hydrogens is 256 g/mol. The molecule has 1 aromatic rings. The van der Waals surface area contributed by atoms with Crippen LogP contribution in [0.2, 0.25) is 0 Å². The van der Waals surface area contributed by atoms with Crippen LogP contribution in [0.3, 0.4) is 0 Å². The molecule has 3 rings (SSSR count). The molecular formula is C19H30N2. The van der Waals surface area contributed by atoms with Crippen LogP contribution >= 0.6 is 0 Å². The zero-order chi connectivity index (χ0) is 14.9. The van der Waals surface area contributed by atoms with E-state index in [2.05, 4.69) is 55.3 Å². The van der Waals surface area contributed by atoms with Crippen molar-refractivity contribution in [3.63, 3.8) is 0 Å². The summed E-state index contributed by atoms with van der Waals surface area (Å²) in [7, 11) is 0. The topological polar surface area (TPSA) is 15.3 Å². The van der Waals surface area contributed by atoms with Gasteiger partial charge in [-0.25, -0.2) is 0 Å². The van der Waals surface area contributed by atoms with Crippen LogP contribution in [0.25, 0.3) is 0 Å². The summed E-state index contributed by atoms with van der Waals surface area (Å²) in [4.78, 5) is 2.50. The van der Waals surface area contributed by atoms with Crippen molar-refractivity contribution < 1.29 is 0 Å². The van der Waals surface area contributed by atoms with Crippen molar-refractivity contribution in [3.8, 4) is 0 Å². The number of hydrogen-bond donors (Lipinski definition) is 1. The largest absolute Gasteiger partial charge is 0.382 e. The first-order valence-corrected chi connectivity index (χ1v) is 8.65. The Balaban J connectivity index is 1.60. The summed E-state index contributed by atoms with van der Waals surface area (Å²) in [5.74, 6) is 0.756. The second-order valence-electron chi connectivity index (χ2n) is 7.88. The number of nitrogens with one attached hydrogen (secondary N) is 1. The summed E-state index contributed by atoms with van der Waals surface area (Å²) in [5.41, 5.74) is 3.20. The standard InChI is InChI=1S/C19H30N2/c1-15-14-19(2,3)11-10-18(15)20-16-6-8-17(9-7-16)21-12-4-5-13-21/h6-9,15,18,20H,4-5,10-14H2,1-3H3. The number of nitrogens with zero attached hydrogens (tertiary/aromatic N) is 1. The molecule has 1 heterocycles. The van der Waals surface area contributed by atoms with Gasteiger partial charge in [0, 0.05) is 30.5 Å². The van der Waals surface area contributed by atoms with Crippen molar-refractivity contribution in [1.82, 2.24) is 0 Å². The Bertz CT molecular complexity index is 457. The zero-order valence-electron chi connectivity index (χ0n) is 13.9. The number of benzene rings is 1. The van der Waals surface area contributed by atoms with Gasteiger partial charge in [-0.1, -0.05) is 20.8 Å². The molecule has 2 atom stereocenters. The van der Waals surface area contributed by atoms with E-state index in [1.54, 1.807) is 0 Å². The third-order valence-corrected chi connectivity index (χ3v) is 5.38. The Labute approximate surface area is 129 Å². The molecule has 116 valence electrons. The summed E-state index contributed by atoms with van der Waals surface area (Å²) in [6, 6.07) is 9.73. The molecule has 0 bridgehead atoms. The first kappa shape index (κ1) is 14.7. The maximum atomic E-state index is 3.77. The van der Waals surface area contributed by atoms with Gasteiger partial charge in [-0.15, -0.1) is 0 Å². The Morgan fingerprint density at radius 3 is 2.38 bits per heavy atom. The third kappa shape index (κ3) is 3.53. The van der Waals surface area contributed by atoms with Crippen LogP contribution < -0.4 is 10.2 Å². The van der Waals surface area contributed by atoms with Gasteiger partial charge >= 0.3 is 0 Å². The van der Waals surface area contributed by atoms with Crippen molar-refractivity contribution in [2.75, 3.05) is 23.3 Å². The lowest BCUT2D eigenvalue weighted by Gasteiger charge is -2.40. The smallest absolute Gasteiger partial charge is 0.0367 e. The van der Waals surface area contributed by atoms with Crippen molar-refractivity contribution >= 4 is 11.4 Å². The lowest BCUT2D eigenvalue weighted by Crippen LogP contribution is -2.36. The summed E-state index contributed by atoms with van der Waals surface area (Å²) in [6.45, 7) is 9.66. The van der Waals surface area contributed by atoms with E-state index in [-0.39, 0.29) is 0 Å². The van der Waals surface area contributed by atoms with Gasteiger partial charge in [0.25, 0.3) is 0 Å². The second-order valence-corrected chi connectivity index (χ2v) is 7.88. The molecule has 1 aliphatic carbocycles. The van der Waals surface area contributed by atoms with Gasteiger partial charge in [0.15, 0.2) is 0 Å². The predicted octanol–water partition coefficient (Wildman–Crippen LogP) is 4.91. The average Bonchev–Trinajstić information content (AvgIpc) is 2.96. The number of anilines is 2. The maximum Gasteiger partial charge on any atom is 0.0367 e. The molecule has 1 aromatic carbocycles. The highest BCUT2D eigenvalue weighted by Gasteiger charge is 2.32. The highest BCUT2D eigenvalue weighted by molar-refractivity contribution is 5.55. The van der Waals surface area contributed by atoms with E-state index in [9.17, 15) is 0 Å². The monoisotopic (exact) mass is 286 g/mol. The normalized spacial score (nSPS) is 28.6. The highest BCUT2D eigenvalue weighted by Crippen LogP contribution is 2.39. The molecule has 21 heavy (non-hydrogen) atoms. The highest BCUT2D eigenvalue weighted by atomic mass is 15.1. The van der Waals surface area contributed by atoms with Gasteiger partial charge in [-0.05, 0) is 67.7 Å². The SMILES string of the molecule is CC1CC(C)(C)CCC1Nc1ccc(N2CCCC2)cc1. The lowest BCUT2D eigenvalue weighted by molar-refractivity contribution is 0.177. The van der Waals surface area contributed by atoms with Gasteiger partial charge < -0.3 is 10.2 Å². The van der Waals surface area contributed by atoms with E-state index in [1.165, 1.54) is 56.6 Å². The average molecular weight is 286 g/mol. The minimum absolute atomic E-state index is 0.525. The third-order valence-electron chi connectivity index (χ3n) is 5.38. The Morgan fingerprint density at radius 2 is 1.76 bits per heavy atom. The quantitative estimate of drug-likeness (QED) is 0.849. The molecule has 2 fully saturated rings. The second kappa shape index (κ2) is 5.90. The van der Waals surface area contributed by atoms with Gasteiger partial charge in [-0.3, -0.25) is 0 Å². The van der Waals surface area contributed by atoms with Crippen molar-refractivity contribution in [1.29, 1.82) is 0 Å². The molecule has 0 spiro atoms. The number of hydrogen-bond acceptors (Lipinski definition) is 2. The fourth-order valence-corrected chi connectivity index (χ4v) is 4.12. The first-order chi connectivity index (χ1) is 10.0. The van der Waals surface area contributed by atoms with Crippen LogP contribution in [-0.4, -0.2) is 19.1 Å². The molecule has 1 saturated carbocycles. The van der Waals surface area contributed by atoms with E-state index in [0.29, 0.717) is 11.5 Å². The first-order valence-electron chi connectivity index (χ1n) is 8.65. The van der Waals surface area contributed by atoms with Crippen molar-refractivity contribution in [3.05, 3.63) is 24.3 Å². The summed E-state index contributed by atoms with van der Waals surface area (Å²) < 4.78 is 0.